The Morgan fingerprint density at radius 3 is 2.79 bits per heavy atom. The van der Waals surface area contributed by atoms with Gasteiger partial charge in [-0.25, -0.2) is 0 Å². The van der Waals surface area contributed by atoms with Crippen molar-refractivity contribution in [1.82, 2.24) is 15.4 Å². The molecule has 0 unspecified atom stereocenters. The van der Waals surface area contributed by atoms with Gasteiger partial charge < -0.3 is 5.73 Å². The number of benzene rings is 1. The molecule has 0 fully saturated rings. The average Bonchev–Trinajstić information content (AvgIpc) is 2.63. The van der Waals surface area contributed by atoms with E-state index in [1.165, 1.54) is 0 Å². The van der Waals surface area contributed by atoms with Crippen LogP contribution in [0.1, 0.15) is 24.9 Å². The second-order valence-electron chi connectivity index (χ2n) is 3.09. The normalized spacial score (nSPS) is 12.4. The van der Waals surface area contributed by atoms with Crippen LogP contribution in [0, 0.1) is 0 Å². The van der Waals surface area contributed by atoms with Crippen LogP contribution < -0.4 is 5.73 Å². The number of aromatic amines is 1. The minimum Gasteiger partial charge on any atom is -0.324 e. The molecule has 4 nitrogen and oxygen atoms in total. The Hall–Kier alpha value is -1.13. The second-order valence-corrected chi connectivity index (χ2v) is 3.09. The summed E-state index contributed by atoms with van der Waals surface area (Å²) in [7, 11) is 0. The molecule has 2 rings (SSSR count). The first-order chi connectivity index (χ1) is 6.31. The molecule has 3 N–H and O–H groups in total. The summed E-state index contributed by atoms with van der Waals surface area (Å²) in [6.45, 7) is 2.07. The van der Waals surface area contributed by atoms with Crippen molar-refractivity contribution in [2.24, 2.45) is 5.73 Å². The minimum atomic E-state index is 0. The Morgan fingerprint density at radius 2 is 2.07 bits per heavy atom. The van der Waals surface area contributed by atoms with Crippen LogP contribution in [-0.4, -0.2) is 15.4 Å². The van der Waals surface area contributed by atoms with Crippen LogP contribution in [0.15, 0.2) is 18.2 Å². The van der Waals surface area contributed by atoms with Gasteiger partial charge in [-0.3, -0.25) is 0 Å². The number of nitrogens with two attached hydrogens (primary N) is 1. The van der Waals surface area contributed by atoms with Gasteiger partial charge in [0, 0.05) is 6.04 Å². The molecule has 0 saturated carbocycles. The maximum atomic E-state index is 5.90. The number of nitrogens with one attached hydrogen (secondary N) is 1. The lowest BCUT2D eigenvalue weighted by Crippen LogP contribution is -2.08. The molecule has 0 bridgehead atoms. The summed E-state index contributed by atoms with van der Waals surface area (Å²) >= 11 is 0. The highest BCUT2D eigenvalue weighted by atomic mass is 35.5. The summed E-state index contributed by atoms with van der Waals surface area (Å²) < 4.78 is 0. The van der Waals surface area contributed by atoms with Crippen LogP contribution in [0.3, 0.4) is 0 Å². The summed E-state index contributed by atoms with van der Waals surface area (Å²) in [5.74, 6) is 0. The fourth-order valence-electron chi connectivity index (χ4n) is 1.32. The largest absolute Gasteiger partial charge is 0.324 e. The van der Waals surface area contributed by atoms with Gasteiger partial charge in [-0.05, 0) is 24.1 Å². The lowest BCUT2D eigenvalue weighted by atomic mass is 10.1. The molecule has 0 aliphatic heterocycles. The van der Waals surface area contributed by atoms with E-state index in [1.54, 1.807) is 0 Å². The van der Waals surface area contributed by atoms with Gasteiger partial charge in [0.15, 0.2) is 0 Å². The second kappa shape index (κ2) is 4.39. The highest BCUT2D eigenvalue weighted by Crippen LogP contribution is 2.17. The fraction of sp³-hybridized carbons (Fsp3) is 0.333. The van der Waals surface area contributed by atoms with Crippen molar-refractivity contribution in [3.05, 3.63) is 23.8 Å². The monoisotopic (exact) mass is 212 g/mol. The summed E-state index contributed by atoms with van der Waals surface area (Å²) in [6, 6.07) is 6.01. The highest BCUT2D eigenvalue weighted by Gasteiger charge is 2.05. The van der Waals surface area contributed by atoms with Crippen LogP contribution in [0.2, 0.25) is 0 Å². The molecular formula is C9H13ClN4. The van der Waals surface area contributed by atoms with Gasteiger partial charge in [0.25, 0.3) is 0 Å². The Morgan fingerprint density at radius 1 is 1.36 bits per heavy atom. The molecule has 0 aliphatic rings. The molecule has 0 radical (unpaired) electrons. The predicted octanol–water partition coefficient (Wildman–Crippen LogP) is 1.79. The molecule has 1 aromatic carbocycles. The quantitative estimate of drug-likeness (QED) is 0.798. The maximum absolute atomic E-state index is 5.90. The molecule has 14 heavy (non-hydrogen) atoms. The van der Waals surface area contributed by atoms with Crippen molar-refractivity contribution >= 4 is 23.4 Å². The molecule has 1 atom stereocenters. The fourth-order valence-corrected chi connectivity index (χ4v) is 1.32. The Balaban J connectivity index is 0.000000980. The van der Waals surface area contributed by atoms with Crippen molar-refractivity contribution < 1.29 is 0 Å². The predicted molar refractivity (Wildman–Crippen MR) is 58.4 cm³/mol. The average molecular weight is 213 g/mol. The smallest absolute Gasteiger partial charge is 0.113 e. The van der Waals surface area contributed by atoms with E-state index < -0.39 is 0 Å². The lowest BCUT2D eigenvalue weighted by Gasteiger charge is -2.07. The van der Waals surface area contributed by atoms with E-state index in [9.17, 15) is 0 Å². The summed E-state index contributed by atoms with van der Waals surface area (Å²) in [5, 5.41) is 10.6. The van der Waals surface area contributed by atoms with E-state index in [2.05, 4.69) is 22.3 Å². The number of nitrogens with zero attached hydrogens (tertiary/aromatic N) is 2. The van der Waals surface area contributed by atoms with Gasteiger partial charge in [0.1, 0.15) is 11.0 Å². The molecule has 0 amide bonds. The molecule has 0 aliphatic carbocycles. The zero-order valence-electron chi connectivity index (χ0n) is 7.90. The zero-order valence-corrected chi connectivity index (χ0v) is 8.71. The van der Waals surface area contributed by atoms with Crippen molar-refractivity contribution in [3.63, 3.8) is 0 Å². The standard InChI is InChI=1S/C9H12N4.ClH/c1-2-7(10)6-3-4-8-9(5-6)12-13-11-8;/h3-5,7H,2,10H2,1H3,(H,11,12,13);1H/t7-;/m1./s1. The van der Waals surface area contributed by atoms with Gasteiger partial charge >= 0.3 is 0 Å². The molecule has 0 saturated heterocycles. The highest BCUT2D eigenvalue weighted by molar-refractivity contribution is 5.85. The minimum absolute atomic E-state index is 0. The number of hydrogen-bond acceptors (Lipinski definition) is 3. The van der Waals surface area contributed by atoms with Crippen molar-refractivity contribution in [2.75, 3.05) is 0 Å². The van der Waals surface area contributed by atoms with Crippen LogP contribution in [0.5, 0.6) is 0 Å². The number of rotatable bonds is 2. The van der Waals surface area contributed by atoms with E-state index in [0.29, 0.717) is 0 Å². The maximum Gasteiger partial charge on any atom is 0.113 e. The Labute approximate surface area is 88.3 Å². The Kier molecular flexibility index (Phi) is 3.43. The number of aromatic nitrogens is 3. The first-order valence-corrected chi connectivity index (χ1v) is 4.37. The van der Waals surface area contributed by atoms with Crippen molar-refractivity contribution in [3.8, 4) is 0 Å². The van der Waals surface area contributed by atoms with Crippen LogP contribution in [0.4, 0.5) is 0 Å². The van der Waals surface area contributed by atoms with Gasteiger partial charge in [-0.1, -0.05) is 13.0 Å². The molecule has 5 heteroatoms. The topological polar surface area (TPSA) is 67.6 Å². The molecule has 1 heterocycles. The van der Waals surface area contributed by atoms with Crippen molar-refractivity contribution in [1.29, 1.82) is 0 Å². The summed E-state index contributed by atoms with van der Waals surface area (Å²) in [5.41, 5.74) is 8.77. The van der Waals surface area contributed by atoms with E-state index >= 15 is 0 Å². The van der Waals surface area contributed by atoms with E-state index in [4.69, 9.17) is 5.73 Å². The Bertz CT molecular complexity index is 412. The van der Waals surface area contributed by atoms with E-state index in [-0.39, 0.29) is 18.4 Å². The van der Waals surface area contributed by atoms with Crippen LogP contribution in [-0.2, 0) is 0 Å². The third kappa shape index (κ3) is 1.86. The van der Waals surface area contributed by atoms with Crippen LogP contribution >= 0.6 is 12.4 Å². The summed E-state index contributed by atoms with van der Waals surface area (Å²) in [4.78, 5) is 0. The van der Waals surface area contributed by atoms with Gasteiger partial charge in [-0.2, -0.15) is 15.4 Å². The SMILES string of the molecule is CC[C@@H](N)c1ccc2n[nH]nc2c1.Cl. The first-order valence-electron chi connectivity index (χ1n) is 4.37. The van der Waals surface area contributed by atoms with Crippen molar-refractivity contribution in [2.45, 2.75) is 19.4 Å². The lowest BCUT2D eigenvalue weighted by molar-refractivity contribution is 0.699. The van der Waals surface area contributed by atoms with Crippen LogP contribution in [0.25, 0.3) is 11.0 Å². The molecule has 0 spiro atoms. The van der Waals surface area contributed by atoms with Gasteiger partial charge in [-0.15, -0.1) is 12.4 Å². The molecule has 76 valence electrons. The number of hydrogen-bond donors (Lipinski definition) is 2. The number of H-pyrrole nitrogens is 1. The molecular weight excluding hydrogens is 200 g/mol. The number of fused-ring (bicyclic) bond motifs is 1. The number of halogens is 1. The third-order valence-corrected chi connectivity index (χ3v) is 2.21. The summed E-state index contributed by atoms with van der Waals surface area (Å²) in [6.07, 6.45) is 0.934. The first kappa shape index (κ1) is 10.9. The third-order valence-electron chi connectivity index (χ3n) is 2.21. The van der Waals surface area contributed by atoms with E-state index in [0.717, 1.165) is 23.0 Å². The van der Waals surface area contributed by atoms with E-state index in [1.807, 2.05) is 18.2 Å². The zero-order chi connectivity index (χ0) is 9.26. The molecule has 2 aromatic rings. The van der Waals surface area contributed by atoms with Gasteiger partial charge in [0.05, 0.1) is 0 Å². The molecule has 1 aromatic heterocycles. The van der Waals surface area contributed by atoms with Gasteiger partial charge in [0.2, 0.25) is 0 Å².